The SMILES string of the molecule is CCN1c2ccc(/C=C3\SC(=S)N(c4ccccc4)C3=O)cc2C(C)CC1(C)C. The Labute approximate surface area is 182 Å². The summed E-state index contributed by atoms with van der Waals surface area (Å²) in [5, 5.41) is 0. The fraction of sp³-hybridized carbons (Fsp3) is 0.333. The van der Waals surface area contributed by atoms with E-state index in [0.29, 0.717) is 15.1 Å². The molecule has 1 saturated heterocycles. The number of fused-ring (bicyclic) bond motifs is 1. The summed E-state index contributed by atoms with van der Waals surface area (Å²) >= 11 is 6.86. The molecule has 5 heteroatoms. The average molecular weight is 423 g/mol. The molecule has 0 radical (unpaired) electrons. The highest BCUT2D eigenvalue weighted by Crippen LogP contribution is 2.44. The third kappa shape index (κ3) is 3.62. The van der Waals surface area contributed by atoms with E-state index < -0.39 is 0 Å². The average Bonchev–Trinajstić information content (AvgIpc) is 2.95. The largest absolute Gasteiger partial charge is 0.366 e. The topological polar surface area (TPSA) is 23.6 Å². The van der Waals surface area contributed by atoms with Gasteiger partial charge in [0.15, 0.2) is 4.32 Å². The number of hydrogen-bond donors (Lipinski definition) is 0. The van der Waals surface area contributed by atoms with E-state index in [0.717, 1.165) is 24.2 Å². The maximum atomic E-state index is 13.0. The molecule has 0 spiro atoms. The Bertz CT molecular complexity index is 997. The first-order valence-electron chi connectivity index (χ1n) is 10.1. The lowest BCUT2D eigenvalue weighted by atomic mass is 9.79. The van der Waals surface area contributed by atoms with Gasteiger partial charge in [0, 0.05) is 17.8 Å². The van der Waals surface area contributed by atoms with Crippen molar-refractivity contribution in [2.45, 2.75) is 45.6 Å². The number of carbonyl (C=O) groups is 1. The second-order valence-corrected chi connectivity index (χ2v) is 10.0. The Morgan fingerprint density at radius 3 is 2.62 bits per heavy atom. The summed E-state index contributed by atoms with van der Waals surface area (Å²) < 4.78 is 0.581. The van der Waals surface area contributed by atoms with Crippen molar-refractivity contribution >= 4 is 51.7 Å². The molecule has 4 rings (SSSR count). The molecular formula is C24H26N2OS2. The number of thioether (sulfide) groups is 1. The Kier molecular flexibility index (Phi) is 5.30. The van der Waals surface area contributed by atoms with Crippen molar-refractivity contribution in [2.24, 2.45) is 0 Å². The van der Waals surface area contributed by atoms with Gasteiger partial charge in [-0.05, 0) is 74.6 Å². The van der Waals surface area contributed by atoms with E-state index in [4.69, 9.17) is 12.2 Å². The standard InChI is InChI=1S/C24H26N2OS2/c1-5-25-20-12-11-17(13-19(20)16(2)15-24(25,3)4)14-21-22(27)26(23(28)29-21)18-9-7-6-8-10-18/h6-14,16H,5,15H2,1-4H3/b21-14-. The molecule has 1 amide bonds. The predicted octanol–water partition coefficient (Wildman–Crippen LogP) is 6.20. The smallest absolute Gasteiger partial charge is 0.270 e. The highest BCUT2D eigenvalue weighted by molar-refractivity contribution is 8.27. The van der Waals surface area contributed by atoms with Crippen LogP contribution in [-0.4, -0.2) is 22.3 Å². The van der Waals surface area contributed by atoms with Crippen molar-refractivity contribution < 1.29 is 4.79 Å². The molecule has 0 aliphatic carbocycles. The number of anilines is 2. The van der Waals surface area contributed by atoms with E-state index in [1.165, 1.54) is 23.0 Å². The van der Waals surface area contributed by atoms with Crippen LogP contribution in [0.1, 0.15) is 51.2 Å². The number of benzene rings is 2. The molecule has 1 fully saturated rings. The molecule has 29 heavy (non-hydrogen) atoms. The van der Waals surface area contributed by atoms with Crippen LogP contribution in [0.25, 0.3) is 6.08 Å². The van der Waals surface area contributed by atoms with E-state index in [1.54, 1.807) is 4.90 Å². The van der Waals surface area contributed by atoms with Crippen LogP contribution in [0, 0.1) is 0 Å². The molecule has 0 bridgehead atoms. The minimum Gasteiger partial charge on any atom is -0.366 e. The quantitative estimate of drug-likeness (QED) is 0.434. The summed E-state index contributed by atoms with van der Waals surface area (Å²) in [4.78, 5) is 17.8. The van der Waals surface area contributed by atoms with Crippen molar-refractivity contribution in [2.75, 3.05) is 16.3 Å². The molecule has 2 aromatic rings. The first kappa shape index (κ1) is 20.2. The normalized spacial score (nSPS) is 22.3. The monoisotopic (exact) mass is 422 g/mol. The van der Waals surface area contributed by atoms with Gasteiger partial charge in [-0.15, -0.1) is 0 Å². The van der Waals surface area contributed by atoms with Crippen LogP contribution in [0.15, 0.2) is 53.4 Å². The predicted molar refractivity (Wildman–Crippen MR) is 129 cm³/mol. The lowest BCUT2D eigenvalue weighted by Gasteiger charge is -2.47. The van der Waals surface area contributed by atoms with Gasteiger partial charge in [-0.3, -0.25) is 9.69 Å². The van der Waals surface area contributed by atoms with Crippen LogP contribution in [0.2, 0.25) is 0 Å². The van der Waals surface area contributed by atoms with Gasteiger partial charge in [0.25, 0.3) is 5.91 Å². The highest BCUT2D eigenvalue weighted by Gasteiger charge is 2.36. The lowest BCUT2D eigenvalue weighted by Crippen LogP contribution is -2.48. The molecule has 150 valence electrons. The summed E-state index contributed by atoms with van der Waals surface area (Å²) in [6.45, 7) is 10.1. The molecule has 2 aliphatic rings. The first-order chi connectivity index (χ1) is 13.8. The number of amides is 1. The molecular weight excluding hydrogens is 396 g/mol. The van der Waals surface area contributed by atoms with Crippen LogP contribution in [-0.2, 0) is 4.79 Å². The number of para-hydroxylation sites is 1. The van der Waals surface area contributed by atoms with Gasteiger partial charge in [0.1, 0.15) is 0 Å². The maximum Gasteiger partial charge on any atom is 0.270 e. The highest BCUT2D eigenvalue weighted by atomic mass is 32.2. The maximum absolute atomic E-state index is 13.0. The summed E-state index contributed by atoms with van der Waals surface area (Å²) in [5.74, 6) is 0.434. The zero-order chi connectivity index (χ0) is 20.8. The van der Waals surface area contributed by atoms with Gasteiger partial charge in [-0.1, -0.05) is 55.2 Å². The number of hydrogen-bond acceptors (Lipinski definition) is 4. The van der Waals surface area contributed by atoms with Crippen molar-refractivity contribution in [3.05, 3.63) is 64.6 Å². The summed E-state index contributed by atoms with van der Waals surface area (Å²) in [6, 6.07) is 16.2. The van der Waals surface area contributed by atoms with Gasteiger partial charge >= 0.3 is 0 Å². The minimum atomic E-state index is -0.0479. The Morgan fingerprint density at radius 2 is 1.93 bits per heavy atom. The molecule has 2 aromatic carbocycles. The zero-order valence-electron chi connectivity index (χ0n) is 17.3. The molecule has 2 aliphatic heterocycles. The summed E-state index contributed by atoms with van der Waals surface area (Å²) in [6.07, 6.45) is 3.10. The number of nitrogens with zero attached hydrogens (tertiary/aromatic N) is 2. The zero-order valence-corrected chi connectivity index (χ0v) is 18.9. The molecule has 3 nitrogen and oxygen atoms in total. The summed E-state index contributed by atoms with van der Waals surface area (Å²) in [5.41, 5.74) is 4.70. The second kappa shape index (κ2) is 7.62. The number of thiocarbonyl (C=S) groups is 1. The van der Waals surface area contributed by atoms with Crippen LogP contribution < -0.4 is 9.80 Å². The van der Waals surface area contributed by atoms with Crippen molar-refractivity contribution in [1.29, 1.82) is 0 Å². The van der Waals surface area contributed by atoms with E-state index in [9.17, 15) is 4.79 Å². The van der Waals surface area contributed by atoms with Gasteiger partial charge in [0.05, 0.1) is 10.6 Å². The van der Waals surface area contributed by atoms with Crippen LogP contribution in [0.4, 0.5) is 11.4 Å². The van der Waals surface area contributed by atoms with Crippen molar-refractivity contribution in [3.63, 3.8) is 0 Å². The van der Waals surface area contributed by atoms with Crippen molar-refractivity contribution in [3.8, 4) is 0 Å². The van der Waals surface area contributed by atoms with Crippen molar-refractivity contribution in [1.82, 2.24) is 0 Å². The van der Waals surface area contributed by atoms with E-state index in [1.807, 2.05) is 36.4 Å². The fourth-order valence-electron chi connectivity index (χ4n) is 4.62. The number of rotatable bonds is 3. The Balaban J connectivity index is 1.67. The van der Waals surface area contributed by atoms with E-state index >= 15 is 0 Å². The van der Waals surface area contributed by atoms with Gasteiger partial charge in [0.2, 0.25) is 0 Å². The molecule has 1 atom stereocenters. The third-order valence-electron chi connectivity index (χ3n) is 5.83. The summed E-state index contributed by atoms with van der Waals surface area (Å²) in [7, 11) is 0. The molecule has 2 heterocycles. The van der Waals surface area contributed by atoms with E-state index in [-0.39, 0.29) is 11.4 Å². The number of carbonyl (C=O) groups excluding carboxylic acids is 1. The second-order valence-electron chi connectivity index (χ2n) is 8.33. The molecule has 1 unspecified atom stereocenters. The third-order valence-corrected chi connectivity index (χ3v) is 7.13. The molecule has 0 saturated carbocycles. The first-order valence-corrected chi connectivity index (χ1v) is 11.3. The molecule has 0 aromatic heterocycles. The Morgan fingerprint density at radius 1 is 1.21 bits per heavy atom. The minimum absolute atomic E-state index is 0.0479. The van der Waals surface area contributed by atoms with Gasteiger partial charge < -0.3 is 4.90 Å². The van der Waals surface area contributed by atoms with Crippen LogP contribution in [0.3, 0.4) is 0 Å². The Hall–Kier alpha value is -2.11. The molecule has 0 N–H and O–H groups in total. The van der Waals surface area contributed by atoms with Gasteiger partial charge in [-0.25, -0.2) is 0 Å². The van der Waals surface area contributed by atoms with Gasteiger partial charge in [-0.2, -0.15) is 0 Å². The van der Waals surface area contributed by atoms with Crippen LogP contribution in [0.5, 0.6) is 0 Å². The van der Waals surface area contributed by atoms with E-state index in [2.05, 4.69) is 50.8 Å². The van der Waals surface area contributed by atoms with Crippen LogP contribution >= 0.6 is 24.0 Å². The lowest BCUT2D eigenvalue weighted by molar-refractivity contribution is -0.113. The fourth-order valence-corrected chi connectivity index (χ4v) is 5.91.